The molecule has 0 aliphatic heterocycles. The maximum atomic E-state index is 10.1. The largest absolute Gasteiger partial charge is 0.393 e. The van der Waals surface area contributed by atoms with Crippen molar-refractivity contribution in [2.24, 2.45) is 5.92 Å². The molecule has 0 aliphatic rings. The molecule has 0 aromatic heterocycles. The van der Waals surface area contributed by atoms with Crippen molar-refractivity contribution in [2.45, 2.75) is 161 Å². The molecule has 3 unspecified atom stereocenters. The Morgan fingerprint density at radius 3 is 1.11 bits per heavy atom. The smallest absolute Gasteiger partial charge is 0.0590 e. The third kappa shape index (κ3) is 18.0. The number of hydrogen-bond donors (Lipinski definition) is 2. The first kappa shape index (κ1) is 27.9. The van der Waals surface area contributed by atoms with E-state index in [2.05, 4.69) is 6.92 Å². The Kier molecular flexibility index (Phi) is 21.6. The van der Waals surface area contributed by atoms with Crippen LogP contribution in [-0.2, 0) is 0 Å². The molecule has 2 heteroatoms. The van der Waals surface area contributed by atoms with E-state index in [1.807, 2.05) is 13.8 Å². The molecule has 3 atom stereocenters. The average molecular weight is 399 g/mol. The molecule has 0 fully saturated rings. The minimum Gasteiger partial charge on any atom is -0.393 e. The van der Waals surface area contributed by atoms with Crippen molar-refractivity contribution in [2.75, 3.05) is 0 Å². The Balaban J connectivity index is 3.18. The van der Waals surface area contributed by atoms with Gasteiger partial charge in [0.15, 0.2) is 0 Å². The Morgan fingerprint density at radius 1 is 0.464 bits per heavy atom. The van der Waals surface area contributed by atoms with Crippen LogP contribution in [0.1, 0.15) is 149 Å². The standard InChI is InChI=1S/C26H54O2/c1-4-6-7-8-9-10-11-12-13-14-15-16-17-18-19-20-21-22-23-26(28)24(3)25(27)5-2/h24-28H,4-23H2,1-3H3. The first-order chi connectivity index (χ1) is 13.6. The van der Waals surface area contributed by atoms with E-state index in [0.717, 1.165) is 19.3 Å². The lowest BCUT2D eigenvalue weighted by Gasteiger charge is -2.23. The Labute approximate surface area is 177 Å². The number of aliphatic hydroxyl groups is 2. The van der Waals surface area contributed by atoms with Crippen LogP contribution in [0.5, 0.6) is 0 Å². The molecule has 0 rings (SSSR count). The van der Waals surface area contributed by atoms with E-state index in [-0.39, 0.29) is 18.1 Å². The Hall–Kier alpha value is -0.0800. The summed E-state index contributed by atoms with van der Waals surface area (Å²) in [6.45, 7) is 6.23. The summed E-state index contributed by atoms with van der Waals surface area (Å²) >= 11 is 0. The zero-order chi connectivity index (χ0) is 20.9. The Bertz CT molecular complexity index is 292. The molecule has 0 aliphatic carbocycles. The topological polar surface area (TPSA) is 40.5 Å². The highest BCUT2D eigenvalue weighted by molar-refractivity contribution is 4.71. The van der Waals surface area contributed by atoms with Crippen LogP contribution in [0.15, 0.2) is 0 Å². The molecule has 0 aromatic carbocycles. The van der Waals surface area contributed by atoms with E-state index in [1.54, 1.807) is 0 Å². The fraction of sp³-hybridized carbons (Fsp3) is 1.00. The lowest BCUT2D eigenvalue weighted by Crippen LogP contribution is -2.28. The first-order valence-corrected chi connectivity index (χ1v) is 13.0. The van der Waals surface area contributed by atoms with Crippen molar-refractivity contribution in [3.05, 3.63) is 0 Å². The van der Waals surface area contributed by atoms with Crippen LogP contribution in [0.25, 0.3) is 0 Å². The van der Waals surface area contributed by atoms with Crippen LogP contribution < -0.4 is 0 Å². The van der Waals surface area contributed by atoms with E-state index < -0.39 is 0 Å². The van der Waals surface area contributed by atoms with E-state index >= 15 is 0 Å². The highest BCUT2D eigenvalue weighted by Gasteiger charge is 2.20. The summed E-state index contributed by atoms with van der Waals surface area (Å²) in [5.41, 5.74) is 0. The first-order valence-electron chi connectivity index (χ1n) is 13.0. The zero-order valence-corrected chi connectivity index (χ0v) is 19.8. The van der Waals surface area contributed by atoms with Gasteiger partial charge in [-0.15, -0.1) is 0 Å². The van der Waals surface area contributed by atoms with Gasteiger partial charge in [0.1, 0.15) is 0 Å². The monoisotopic (exact) mass is 398 g/mol. The summed E-state index contributed by atoms with van der Waals surface area (Å²) < 4.78 is 0. The van der Waals surface area contributed by atoms with Gasteiger partial charge in [-0.2, -0.15) is 0 Å². The molecule has 2 nitrogen and oxygen atoms in total. The third-order valence-corrected chi connectivity index (χ3v) is 6.49. The summed E-state index contributed by atoms with van der Waals surface area (Å²) in [6.07, 6.45) is 25.9. The van der Waals surface area contributed by atoms with Gasteiger partial charge in [0.05, 0.1) is 12.2 Å². The molecular weight excluding hydrogens is 344 g/mol. The van der Waals surface area contributed by atoms with E-state index in [0.29, 0.717) is 0 Å². The molecule has 170 valence electrons. The molecule has 0 amide bonds. The molecule has 0 radical (unpaired) electrons. The highest BCUT2D eigenvalue weighted by atomic mass is 16.3. The van der Waals surface area contributed by atoms with Gasteiger partial charge in [0.2, 0.25) is 0 Å². The summed E-state index contributed by atoms with van der Waals surface area (Å²) in [6, 6.07) is 0. The molecular formula is C26H54O2. The summed E-state index contributed by atoms with van der Waals surface area (Å²) in [7, 11) is 0. The van der Waals surface area contributed by atoms with Crippen LogP contribution in [0.3, 0.4) is 0 Å². The Morgan fingerprint density at radius 2 is 0.786 bits per heavy atom. The minimum absolute atomic E-state index is 0.01000. The summed E-state index contributed by atoms with van der Waals surface area (Å²) in [5, 5.41) is 19.9. The minimum atomic E-state index is -0.356. The van der Waals surface area contributed by atoms with Gasteiger partial charge >= 0.3 is 0 Å². The van der Waals surface area contributed by atoms with Crippen LogP contribution >= 0.6 is 0 Å². The van der Waals surface area contributed by atoms with Gasteiger partial charge in [-0.3, -0.25) is 0 Å². The number of rotatable bonds is 22. The number of hydrogen-bond acceptors (Lipinski definition) is 2. The predicted molar refractivity (Wildman–Crippen MR) is 125 cm³/mol. The number of unbranched alkanes of at least 4 members (excludes halogenated alkanes) is 17. The molecule has 0 aromatic rings. The SMILES string of the molecule is CCCCCCCCCCCCCCCCCCCCC(O)C(C)C(O)CC. The summed E-state index contributed by atoms with van der Waals surface area (Å²) in [4.78, 5) is 0. The van der Waals surface area contributed by atoms with E-state index in [1.165, 1.54) is 109 Å². The van der Waals surface area contributed by atoms with Crippen LogP contribution in [0.2, 0.25) is 0 Å². The highest BCUT2D eigenvalue weighted by Crippen LogP contribution is 2.18. The van der Waals surface area contributed by atoms with Gasteiger partial charge in [-0.1, -0.05) is 136 Å². The second kappa shape index (κ2) is 21.6. The molecule has 0 bridgehead atoms. The molecule has 0 saturated carbocycles. The van der Waals surface area contributed by atoms with Crippen LogP contribution in [-0.4, -0.2) is 22.4 Å². The fourth-order valence-corrected chi connectivity index (χ4v) is 4.15. The van der Waals surface area contributed by atoms with Crippen LogP contribution in [0.4, 0.5) is 0 Å². The van der Waals surface area contributed by atoms with Crippen molar-refractivity contribution in [1.29, 1.82) is 0 Å². The van der Waals surface area contributed by atoms with Gasteiger partial charge in [-0.05, 0) is 12.8 Å². The molecule has 0 heterocycles. The van der Waals surface area contributed by atoms with Crippen molar-refractivity contribution in [3.8, 4) is 0 Å². The normalized spacial score (nSPS) is 14.9. The number of aliphatic hydroxyl groups excluding tert-OH is 2. The van der Waals surface area contributed by atoms with Gasteiger partial charge in [-0.25, -0.2) is 0 Å². The fourth-order valence-electron chi connectivity index (χ4n) is 4.15. The van der Waals surface area contributed by atoms with Crippen molar-refractivity contribution >= 4 is 0 Å². The van der Waals surface area contributed by atoms with Crippen molar-refractivity contribution < 1.29 is 10.2 Å². The maximum absolute atomic E-state index is 10.1. The molecule has 28 heavy (non-hydrogen) atoms. The molecule has 0 spiro atoms. The quantitative estimate of drug-likeness (QED) is 0.180. The second-order valence-corrected chi connectivity index (χ2v) is 9.20. The van der Waals surface area contributed by atoms with Crippen molar-refractivity contribution in [1.82, 2.24) is 0 Å². The van der Waals surface area contributed by atoms with Crippen LogP contribution in [0, 0.1) is 5.92 Å². The molecule has 0 saturated heterocycles. The van der Waals surface area contributed by atoms with Gasteiger partial charge < -0.3 is 10.2 Å². The van der Waals surface area contributed by atoms with Gasteiger partial charge in [0.25, 0.3) is 0 Å². The lowest BCUT2D eigenvalue weighted by atomic mass is 9.92. The predicted octanol–water partition coefficient (Wildman–Crippen LogP) is 8.19. The average Bonchev–Trinajstić information content (AvgIpc) is 2.71. The van der Waals surface area contributed by atoms with Gasteiger partial charge in [0, 0.05) is 5.92 Å². The lowest BCUT2D eigenvalue weighted by molar-refractivity contribution is 0.0149. The second-order valence-electron chi connectivity index (χ2n) is 9.20. The zero-order valence-electron chi connectivity index (χ0n) is 19.8. The van der Waals surface area contributed by atoms with E-state index in [4.69, 9.17) is 0 Å². The van der Waals surface area contributed by atoms with Crippen molar-refractivity contribution in [3.63, 3.8) is 0 Å². The van der Waals surface area contributed by atoms with E-state index in [9.17, 15) is 10.2 Å². The summed E-state index contributed by atoms with van der Waals surface area (Å²) in [5.74, 6) is 0.01000. The maximum Gasteiger partial charge on any atom is 0.0590 e. The molecule has 2 N–H and O–H groups in total. The third-order valence-electron chi connectivity index (χ3n) is 6.49.